The van der Waals surface area contributed by atoms with Crippen molar-refractivity contribution in [1.29, 1.82) is 0 Å². The molecule has 2 aromatic heterocycles. The monoisotopic (exact) mass is 246 g/mol. The molecule has 0 atom stereocenters. The summed E-state index contributed by atoms with van der Waals surface area (Å²) < 4.78 is 5.55. The number of nitrogens with one attached hydrogen (secondary N) is 1. The van der Waals surface area contributed by atoms with Crippen molar-refractivity contribution >= 4 is 23.0 Å². The molecule has 2 aromatic rings. The topological polar surface area (TPSA) is 93.9 Å². The zero-order chi connectivity index (χ0) is 13.0. The van der Waals surface area contributed by atoms with Gasteiger partial charge in [-0.1, -0.05) is 6.92 Å². The van der Waals surface area contributed by atoms with E-state index in [1.165, 1.54) is 12.4 Å². The Morgan fingerprint density at radius 2 is 2.39 bits per heavy atom. The van der Waals surface area contributed by atoms with Crippen molar-refractivity contribution in [1.82, 2.24) is 15.0 Å². The lowest BCUT2D eigenvalue weighted by Crippen LogP contribution is -2.05. The van der Waals surface area contributed by atoms with E-state index in [0.29, 0.717) is 18.1 Å². The van der Waals surface area contributed by atoms with Crippen LogP contribution in [0.5, 0.6) is 5.88 Å². The van der Waals surface area contributed by atoms with Crippen LogP contribution in [-0.2, 0) is 4.79 Å². The molecule has 0 aliphatic carbocycles. The van der Waals surface area contributed by atoms with Gasteiger partial charge >= 0.3 is 0 Å². The quantitative estimate of drug-likeness (QED) is 0.776. The van der Waals surface area contributed by atoms with E-state index in [4.69, 9.17) is 10.5 Å². The number of primary amides is 1. The molecule has 0 bridgehead atoms. The molecule has 0 spiro atoms. The molecule has 2 rings (SSSR count). The van der Waals surface area contributed by atoms with Gasteiger partial charge < -0.3 is 15.5 Å². The smallest absolute Gasteiger partial charge is 0.241 e. The first-order chi connectivity index (χ1) is 8.72. The van der Waals surface area contributed by atoms with Gasteiger partial charge in [-0.3, -0.25) is 4.79 Å². The average molecular weight is 246 g/mol. The minimum absolute atomic E-state index is 0.503. The number of nitrogens with two attached hydrogens (primary N) is 1. The first-order valence-corrected chi connectivity index (χ1v) is 5.64. The van der Waals surface area contributed by atoms with Gasteiger partial charge in [0.1, 0.15) is 12.0 Å². The van der Waals surface area contributed by atoms with Crippen LogP contribution in [0.3, 0.4) is 0 Å². The number of ether oxygens (including phenoxy) is 1. The standard InChI is InChI=1S/C12H14N4O2/c1-2-5-18-12-10-8(3-4-9(13)17)6-14-11(10)15-7-16-12/h3-4,6-7H,2,5H2,1H3,(H2,13,17)(H,14,15,16)/b4-3+. The average Bonchev–Trinajstić information content (AvgIpc) is 2.77. The lowest BCUT2D eigenvalue weighted by molar-refractivity contribution is -0.113. The predicted molar refractivity (Wildman–Crippen MR) is 67.9 cm³/mol. The van der Waals surface area contributed by atoms with Gasteiger partial charge in [-0.2, -0.15) is 0 Å². The Balaban J connectivity index is 2.44. The molecule has 0 fully saturated rings. The highest BCUT2D eigenvalue weighted by Gasteiger charge is 2.10. The van der Waals surface area contributed by atoms with Crippen molar-refractivity contribution < 1.29 is 9.53 Å². The second-order valence-electron chi connectivity index (χ2n) is 3.73. The maximum atomic E-state index is 10.8. The number of H-pyrrole nitrogens is 1. The maximum Gasteiger partial charge on any atom is 0.241 e. The number of carbonyl (C=O) groups is 1. The van der Waals surface area contributed by atoms with Crippen molar-refractivity contribution in [3.8, 4) is 5.88 Å². The molecule has 0 unspecified atom stereocenters. The lowest BCUT2D eigenvalue weighted by Gasteiger charge is -2.04. The molecule has 2 heterocycles. The zero-order valence-corrected chi connectivity index (χ0v) is 10.0. The van der Waals surface area contributed by atoms with E-state index in [9.17, 15) is 4.79 Å². The molecular weight excluding hydrogens is 232 g/mol. The molecule has 18 heavy (non-hydrogen) atoms. The van der Waals surface area contributed by atoms with Gasteiger partial charge in [-0.25, -0.2) is 9.97 Å². The van der Waals surface area contributed by atoms with Crippen LogP contribution in [0.15, 0.2) is 18.6 Å². The molecule has 0 saturated heterocycles. The Labute approximate surface area is 104 Å². The minimum atomic E-state index is -0.503. The summed E-state index contributed by atoms with van der Waals surface area (Å²) in [4.78, 5) is 21.9. The van der Waals surface area contributed by atoms with Crippen LogP contribution in [0.1, 0.15) is 18.9 Å². The number of hydrogen-bond donors (Lipinski definition) is 2. The second-order valence-corrected chi connectivity index (χ2v) is 3.73. The molecule has 0 aliphatic rings. The van der Waals surface area contributed by atoms with Gasteiger partial charge in [-0.15, -0.1) is 0 Å². The molecule has 0 radical (unpaired) electrons. The predicted octanol–water partition coefficient (Wildman–Crippen LogP) is 1.25. The van der Waals surface area contributed by atoms with Crippen LogP contribution < -0.4 is 10.5 Å². The summed E-state index contributed by atoms with van der Waals surface area (Å²) in [6, 6.07) is 0. The number of aromatic amines is 1. The third kappa shape index (κ3) is 2.48. The number of aromatic nitrogens is 3. The summed E-state index contributed by atoms with van der Waals surface area (Å²) in [6.45, 7) is 2.60. The number of carbonyl (C=O) groups excluding carboxylic acids is 1. The highest BCUT2D eigenvalue weighted by Crippen LogP contribution is 2.26. The van der Waals surface area contributed by atoms with Crippen LogP contribution in [-0.4, -0.2) is 27.5 Å². The Morgan fingerprint density at radius 3 is 3.11 bits per heavy atom. The molecule has 0 aliphatic heterocycles. The van der Waals surface area contributed by atoms with Crippen molar-refractivity contribution in [3.63, 3.8) is 0 Å². The highest BCUT2D eigenvalue weighted by atomic mass is 16.5. The van der Waals surface area contributed by atoms with E-state index in [2.05, 4.69) is 15.0 Å². The van der Waals surface area contributed by atoms with Crippen molar-refractivity contribution in [2.75, 3.05) is 6.61 Å². The maximum absolute atomic E-state index is 10.8. The van der Waals surface area contributed by atoms with Crippen LogP contribution >= 0.6 is 0 Å². The summed E-state index contributed by atoms with van der Waals surface area (Å²) in [5.41, 5.74) is 6.51. The third-order valence-electron chi connectivity index (χ3n) is 2.34. The molecule has 94 valence electrons. The van der Waals surface area contributed by atoms with Crippen LogP contribution in [0, 0.1) is 0 Å². The number of fused-ring (bicyclic) bond motifs is 1. The fourth-order valence-electron chi connectivity index (χ4n) is 1.57. The molecule has 6 nitrogen and oxygen atoms in total. The van der Waals surface area contributed by atoms with Crippen LogP contribution in [0.4, 0.5) is 0 Å². The molecular formula is C12H14N4O2. The summed E-state index contributed by atoms with van der Waals surface area (Å²) in [7, 11) is 0. The lowest BCUT2D eigenvalue weighted by atomic mass is 10.2. The second kappa shape index (κ2) is 5.31. The summed E-state index contributed by atoms with van der Waals surface area (Å²) in [5.74, 6) is 0.00412. The van der Waals surface area contributed by atoms with Crippen molar-refractivity contribution in [3.05, 3.63) is 24.2 Å². The van der Waals surface area contributed by atoms with Gasteiger partial charge in [0.25, 0.3) is 0 Å². The normalized spacial score (nSPS) is 11.2. The minimum Gasteiger partial charge on any atom is -0.477 e. The largest absolute Gasteiger partial charge is 0.477 e. The zero-order valence-electron chi connectivity index (χ0n) is 10.0. The van der Waals surface area contributed by atoms with E-state index >= 15 is 0 Å². The number of amides is 1. The van der Waals surface area contributed by atoms with Crippen LogP contribution in [0.2, 0.25) is 0 Å². The van der Waals surface area contributed by atoms with Gasteiger partial charge in [0.2, 0.25) is 11.8 Å². The number of hydrogen-bond acceptors (Lipinski definition) is 4. The molecule has 1 amide bonds. The Kier molecular flexibility index (Phi) is 3.57. The fourth-order valence-corrected chi connectivity index (χ4v) is 1.57. The van der Waals surface area contributed by atoms with Gasteiger partial charge in [-0.05, 0) is 12.5 Å². The van der Waals surface area contributed by atoms with E-state index in [-0.39, 0.29) is 0 Å². The molecule has 6 heteroatoms. The fraction of sp³-hybridized carbons (Fsp3) is 0.250. The molecule has 3 N–H and O–H groups in total. The number of nitrogens with zero attached hydrogens (tertiary/aromatic N) is 2. The van der Waals surface area contributed by atoms with E-state index in [0.717, 1.165) is 17.4 Å². The molecule has 0 aromatic carbocycles. The van der Waals surface area contributed by atoms with Gasteiger partial charge in [0.15, 0.2) is 0 Å². The van der Waals surface area contributed by atoms with E-state index in [1.54, 1.807) is 12.3 Å². The SMILES string of the molecule is CCCOc1ncnc2[nH]cc(/C=C/C(N)=O)c12. The summed E-state index contributed by atoms with van der Waals surface area (Å²) >= 11 is 0. The third-order valence-corrected chi connectivity index (χ3v) is 2.34. The Morgan fingerprint density at radius 1 is 1.56 bits per heavy atom. The molecule has 0 saturated carbocycles. The van der Waals surface area contributed by atoms with Gasteiger partial charge in [0, 0.05) is 17.8 Å². The summed E-state index contributed by atoms with van der Waals surface area (Å²) in [6.07, 6.45) is 6.97. The first kappa shape index (κ1) is 12.1. The van der Waals surface area contributed by atoms with E-state index < -0.39 is 5.91 Å². The van der Waals surface area contributed by atoms with Crippen LogP contribution in [0.25, 0.3) is 17.1 Å². The first-order valence-electron chi connectivity index (χ1n) is 5.64. The highest BCUT2D eigenvalue weighted by molar-refractivity contribution is 5.96. The van der Waals surface area contributed by atoms with Gasteiger partial charge in [0.05, 0.1) is 12.0 Å². The van der Waals surface area contributed by atoms with E-state index in [1.807, 2.05) is 6.92 Å². The number of rotatable bonds is 5. The Hall–Kier alpha value is -2.37. The van der Waals surface area contributed by atoms with Crippen molar-refractivity contribution in [2.24, 2.45) is 5.73 Å². The van der Waals surface area contributed by atoms with Crippen molar-refractivity contribution in [2.45, 2.75) is 13.3 Å². The Bertz CT molecular complexity index is 589. The summed E-state index contributed by atoms with van der Waals surface area (Å²) in [5, 5.41) is 0.753.